The molecule has 2 fully saturated rings. The van der Waals surface area contributed by atoms with Crippen molar-refractivity contribution in [1.29, 1.82) is 0 Å². The Hall–Kier alpha value is -2.31. The van der Waals surface area contributed by atoms with Gasteiger partial charge in [-0.15, -0.1) is 0 Å². The number of fused-ring (bicyclic) bond motifs is 1. The average molecular weight is 402 g/mol. The highest BCUT2D eigenvalue weighted by atomic mass is 35.5. The van der Waals surface area contributed by atoms with E-state index in [-0.39, 0.29) is 11.8 Å². The summed E-state index contributed by atoms with van der Waals surface area (Å²) in [6.07, 6.45) is 7.59. The molecule has 1 aliphatic carbocycles. The largest absolute Gasteiger partial charge is 0.488 e. The summed E-state index contributed by atoms with van der Waals surface area (Å²) in [5.74, 6) is 0.876. The molecule has 1 saturated heterocycles. The van der Waals surface area contributed by atoms with Crippen LogP contribution in [-0.2, 0) is 9.59 Å². The molecular formula is C21H24ClN3O3. The molecule has 0 unspecified atom stereocenters. The molecule has 1 aromatic rings. The van der Waals surface area contributed by atoms with E-state index in [4.69, 9.17) is 16.3 Å². The minimum atomic E-state index is -0.0140. The van der Waals surface area contributed by atoms with E-state index in [9.17, 15) is 9.59 Å². The Kier molecular flexibility index (Phi) is 5.69. The van der Waals surface area contributed by atoms with Crippen LogP contribution in [0.3, 0.4) is 0 Å². The van der Waals surface area contributed by atoms with Crippen LogP contribution in [0.2, 0.25) is 5.02 Å². The summed E-state index contributed by atoms with van der Waals surface area (Å²) in [5.41, 5.74) is 1.85. The Bertz CT molecular complexity index is 824. The summed E-state index contributed by atoms with van der Waals surface area (Å²) in [7, 11) is 0. The predicted molar refractivity (Wildman–Crippen MR) is 108 cm³/mol. The lowest BCUT2D eigenvalue weighted by molar-refractivity contribution is -0.128. The van der Waals surface area contributed by atoms with Gasteiger partial charge < -0.3 is 15.0 Å². The molecule has 28 heavy (non-hydrogen) atoms. The van der Waals surface area contributed by atoms with Crippen LogP contribution < -0.4 is 10.1 Å². The Morgan fingerprint density at radius 1 is 1.21 bits per heavy atom. The predicted octanol–water partition coefficient (Wildman–Crippen LogP) is 2.09. The van der Waals surface area contributed by atoms with Crippen LogP contribution in [0.4, 0.5) is 0 Å². The van der Waals surface area contributed by atoms with Gasteiger partial charge in [-0.3, -0.25) is 14.5 Å². The number of hydrogen-bond donors (Lipinski definition) is 1. The highest BCUT2D eigenvalue weighted by Gasteiger charge is 2.26. The topological polar surface area (TPSA) is 61.9 Å². The van der Waals surface area contributed by atoms with Gasteiger partial charge in [-0.2, -0.15) is 0 Å². The maximum atomic E-state index is 12.5. The van der Waals surface area contributed by atoms with Crippen molar-refractivity contribution < 1.29 is 14.3 Å². The third-order valence-electron chi connectivity index (χ3n) is 5.14. The van der Waals surface area contributed by atoms with Crippen molar-refractivity contribution in [3.63, 3.8) is 0 Å². The van der Waals surface area contributed by atoms with E-state index < -0.39 is 0 Å². The van der Waals surface area contributed by atoms with Crippen LogP contribution >= 0.6 is 11.6 Å². The van der Waals surface area contributed by atoms with Gasteiger partial charge in [0.2, 0.25) is 11.8 Å². The zero-order valence-electron chi connectivity index (χ0n) is 15.7. The molecule has 1 N–H and O–H groups in total. The molecule has 2 aliphatic heterocycles. The van der Waals surface area contributed by atoms with Crippen LogP contribution in [0.1, 0.15) is 18.4 Å². The molecule has 0 atom stereocenters. The van der Waals surface area contributed by atoms with Gasteiger partial charge in [0.05, 0.1) is 6.54 Å². The number of halogens is 1. The minimum absolute atomic E-state index is 0.0140. The van der Waals surface area contributed by atoms with Gasteiger partial charge in [-0.25, -0.2) is 0 Å². The van der Waals surface area contributed by atoms with Crippen LogP contribution in [0, 0.1) is 0 Å². The molecule has 6 nitrogen and oxygen atoms in total. The molecule has 4 rings (SSSR count). The molecule has 1 saturated carbocycles. The second kappa shape index (κ2) is 8.37. The molecule has 2 heterocycles. The summed E-state index contributed by atoms with van der Waals surface area (Å²) in [4.78, 5) is 28.3. The van der Waals surface area contributed by atoms with E-state index in [1.54, 1.807) is 12.1 Å². The molecule has 2 amide bonds. The van der Waals surface area contributed by atoms with Crippen molar-refractivity contribution in [1.82, 2.24) is 15.1 Å². The number of carbonyl (C=O) groups excluding carboxylic acids is 2. The van der Waals surface area contributed by atoms with Crippen LogP contribution in [-0.4, -0.2) is 67.0 Å². The highest BCUT2D eigenvalue weighted by Crippen LogP contribution is 2.29. The second-order valence-electron chi connectivity index (χ2n) is 7.47. The maximum Gasteiger partial charge on any atom is 0.246 e. The molecule has 0 spiro atoms. The summed E-state index contributed by atoms with van der Waals surface area (Å²) in [5, 5.41) is 3.66. The van der Waals surface area contributed by atoms with E-state index in [1.807, 2.05) is 29.2 Å². The standard InChI is InChI=1S/C21H24ClN3O3/c22-17-2-5-19-16(12-17)11-15(14-28-19)1-6-21(27)25-9-7-24(8-10-25)13-20(26)23-18-3-4-18/h1-2,5-6,11-12,18H,3-4,7-10,13-14H2,(H,23,26). The smallest absolute Gasteiger partial charge is 0.246 e. The monoisotopic (exact) mass is 401 g/mol. The second-order valence-corrected chi connectivity index (χ2v) is 7.90. The Morgan fingerprint density at radius 3 is 2.75 bits per heavy atom. The lowest BCUT2D eigenvalue weighted by Crippen LogP contribution is -2.51. The number of carbonyl (C=O) groups is 2. The van der Waals surface area contributed by atoms with Gasteiger partial charge in [0.25, 0.3) is 0 Å². The van der Waals surface area contributed by atoms with Gasteiger partial charge in [0.1, 0.15) is 12.4 Å². The van der Waals surface area contributed by atoms with Crippen molar-refractivity contribution in [2.75, 3.05) is 39.3 Å². The first-order valence-electron chi connectivity index (χ1n) is 9.68. The summed E-state index contributed by atoms with van der Waals surface area (Å²) in [6.45, 7) is 3.55. The number of nitrogens with zero attached hydrogens (tertiary/aromatic N) is 2. The Morgan fingerprint density at radius 2 is 2.00 bits per heavy atom. The Labute approximate surface area is 169 Å². The molecule has 0 aromatic heterocycles. The SMILES string of the molecule is O=C(CN1CCN(C(=O)C=CC2=Cc3cc(Cl)ccc3OC2)CC1)NC1CC1. The van der Waals surface area contributed by atoms with E-state index in [2.05, 4.69) is 10.2 Å². The van der Waals surface area contributed by atoms with Gasteiger partial charge in [-0.05, 0) is 42.7 Å². The number of benzene rings is 1. The first kappa shape index (κ1) is 19.0. The average Bonchev–Trinajstić information content (AvgIpc) is 3.50. The highest BCUT2D eigenvalue weighted by molar-refractivity contribution is 6.30. The van der Waals surface area contributed by atoms with Crippen molar-refractivity contribution in [3.8, 4) is 5.75 Å². The fourth-order valence-electron chi connectivity index (χ4n) is 3.38. The number of ether oxygens (including phenoxy) is 1. The molecular weight excluding hydrogens is 378 g/mol. The van der Waals surface area contributed by atoms with Gasteiger partial charge in [0.15, 0.2) is 0 Å². The summed E-state index contributed by atoms with van der Waals surface area (Å²) in [6, 6.07) is 5.89. The molecule has 0 bridgehead atoms. The lowest BCUT2D eigenvalue weighted by atomic mass is 10.1. The fraction of sp³-hybridized carbons (Fsp3) is 0.429. The van der Waals surface area contributed by atoms with Gasteiger partial charge in [0, 0.05) is 48.9 Å². The number of piperazine rings is 1. The van der Waals surface area contributed by atoms with Gasteiger partial charge in [-0.1, -0.05) is 17.7 Å². The maximum absolute atomic E-state index is 12.5. The van der Waals surface area contributed by atoms with Crippen molar-refractivity contribution in [3.05, 3.63) is 46.5 Å². The summed E-state index contributed by atoms with van der Waals surface area (Å²) >= 11 is 6.03. The molecule has 148 valence electrons. The molecule has 3 aliphatic rings. The number of amides is 2. The van der Waals surface area contributed by atoms with E-state index in [1.165, 1.54) is 0 Å². The Balaban J connectivity index is 1.27. The van der Waals surface area contributed by atoms with Crippen LogP contribution in [0.5, 0.6) is 5.75 Å². The minimum Gasteiger partial charge on any atom is -0.488 e. The zero-order valence-corrected chi connectivity index (χ0v) is 16.5. The van der Waals surface area contributed by atoms with E-state index >= 15 is 0 Å². The lowest BCUT2D eigenvalue weighted by Gasteiger charge is -2.33. The first-order valence-corrected chi connectivity index (χ1v) is 10.1. The molecule has 0 radical (unpaired) electrons. The number of hydrogen-bond acceptors (Lipinski definition) is 4. The van der Waals surface area contributed by atoms with Crippen molar-refractivity contribution >= 4 is 29.5 Å². The van der Waals surface area contributed by atoms with Gasteiger partial charge >= 0.3 is 0 Å². The quantitative estimate of drug-likeness (QED) is 0.767. The molecule has 7 heteroatoms. The summed E-state index contributed by atoms with van der Waals surface area (Å²) < 4.78 is 5.70. The molecule has 1 aromatic carbocycles. The normalized spacial score (nSPS) is 19.8. The number of rotatable bonds is 5. The van der Waals surface area contributed by atoms with Crippen LogP contribution in [0.25, 0.3) is 6.08 Å². The number of nitrogens with one attached hydrogen (secondary N) is 1. The fourth-order valence-corrected chi connectivity index (χ4v) is 3.56. The van der Waals surface area contributed by atoms with Crippen LogP contribution in [0.15, 0.2) is 35.9 Å². The van der Waals surface area contributed by atoms with E-state index in [0.717, 1.165) is 42.8 Å². The van der Waals surface area contributed by atoms with Crippen molar-refractivity contribution in [2.45, 2.75) is 18.9 Å². The van der Waals surface area contributed by atoms with Crippen molar-refractivity contribution in [2.24, 2.45) is 0 Å². The zero-order chi connectivity index (χ0) is 19.5. The third kappa shape index (κ3) is 4.94. The van der Waals surface area contributed by atoms with E-state index in [0.29, 0.717) is 37.3 Å². The first-order chi connectivity index (χ1) is 13.6. The third-order valence-corrected chi connectivity index (χ3v) is 5.38.